The van der Waals surface area contributed by atoms with E-state index in [1.165, 1.54) is 24.4 Å². The molecule has 4 N–H and O–H groups in total. The van der Waals surface area contributed by atoms with Crippen LogP contribution in [0.3, 0.4) is 0 Å². The normalized spacial score (nSPS) is 11.1. The number of nitrogen functional groups attached to an aromatic ring is 1. The maximum atomic E-state index is 11.9. The minimum Gasteiger partial charge on any atom is -0.383 e. The molecule has 94 valence electrons. The summed E-state index contributed by atoms with van der Waals surface area (Å²) in [4.78, 5) is 14.3. The number of nitrogens with two attached hydrogens (primary N) is 1. The van der Waals surface area contributed by atoms with Gasteiger partial charge in [-0.1, -0.05) is 0 Å². The Kier molecular flexibility index (Phi) is 2.98. The van der Waals surface area contributed by atoms with Gasteiger partial charge in [0.2, 0.25) is 0 Å². The van der Waals surface area contributed by atoms with Crippen molar-refractivity contribution in [3.63, 3.8) is 0 Å². The van der Waals surface area contributed by atoms with Crippen molar-refractivity contribution in [1.82, 2.24) is 15.2 Å². The van der Waals surface area contributed by atoms with Gasteiger partial charge in [-0.25, -0.2) is 18.5 Å². The monoisotopic (exact) mass is 267 g/mol. The number of nitrogens with zero attached hydrogens (tertiary/aromatic N) is 2. The Morgan fingerprint density at radius 1 is 1.28 bits per heavy atom. The molecule has 0 saturated heterocycles. The number of H-pyrrole nitrogens is 1. The zero-order valence-electron chi connectivity index (χ0n) is 8.99. The van der Waals surface area contributed by atoms with Crippen molar-refractivity contribution in [2.75, 3.05) is 10.5 Å². The third kappa shape index (κ3) is 2.46. The molecule has 2 aromatic rings. The minimum absolute atomic E-state index is 0.0159. The second-order valence-electron chi connectivity index (χ2n) is 3.30. The van der Waals surface area contributed by atoms with E-state index in [9.17, 15) is 13.2 Å². The quantitative estimate of drug-likeness (QED) is 0.690. The molecule has 2 heterocycles. The lowest BCUT2D eigenvalue weighted by molar-refractivity contribution is 0.601. The summed E-state index contributed by atoms with van der Waals surface area (Å²) in [6.07, 6.45) is 1.38. The van der Waals surface area contributed by atoms with Crippen LogP contribution in [-0.2, 0) is 10.0 Å². The second kappa shape index (κ2) is 4.45. The molecular weight excluding hydrogens is 258 g/mol. The molecule has 0 radical (unpaired) electrons. The zero-order valence-corrected chi connectivity index (χ0v) is 9.81. The molecular formula is C9H9N5O3S. The summed E-state index contributed by atoms with van der Waals surface area (Å²) in [6, 6.07) is 5.15. The molecule has 0 aliphatic rings. The Labute approximate surface area is 102 Å². The lowest BCUT2D eigenvalue weighted by atomic mass is 10.5. The highest BCUT2D eigenvalue weighted by Gasteiger charge is 2.18. The summed E-state index contributed by atoms with van der Waals surface area (Å²) in [7, 11) is -3.88. The summed E-state index contributed by atoms with van der Waals surface area (Å²) in [5.74, 6) is -0.132. The van der Waals surface area contributed by atoms with Crippen molar-refractivity contribution in [3.8, 4) is 0 Å². The molecule has 8 nitrogen and oxygen atoms in total. The molecule has 9 heteroatoms. The van der Waals surface area contributed by atoms with E-state index < -0.39 is 15.6 Å². The first-order valence-electron chi connectivity index (χ1n) is 4.78. The van der Waals surface area contributed by atoms with Crippen LogP contribution in [0.2, 0.25) is 0 Å². The fraction of sp³-hybridized carbons (Fsp3) is 0. The van der Waals surface area contributed by atoms with E-state index in [1.807, 2.05) is 0 Å². The van der Waals surface area contributed by atoms with E-state index in [4.69, 9.17) is 5.73 Å². The predicted octanol–water partition coefficient (Wildman–Crippen LogP) is -0.452. The SMILES string of the molecule is Nc1ncccc1S(=O)(=O)Nc1ccc(=O)[nH]n1. The summed E-state index contributed by atoms with van der Waals surface area (Å²) >= 11 is 0. The first-order valence-corrected chi connectivity index (χ1v) is 6.26. The fourth-order valence-corrected chi connectivity index (χ4v) is 2.31. The number of pyridine rings is 1. The average Bonchev–Trinajstić information content (AvgIpc) is 2.32. The Bertz CT molecular complexity index is 704. The van der Waals surface area contributed by atoms with Crippen LogP contribution in [0.5, 0.6) is 0 Å². The molecule has 0 unspecified atom stereocenters. The predicted molar refractivity (Wildman–Crippen MR) is 64.3 cm³/mol. The van der Waals surface area contributed by atoms with Crippen LogP contribution in [0.1, 0.15) is 0 Å². The largest absolute Gasteiger partial charge is 0.383 e. The summed E-state index contributed by atoms with van der Waals surface area (Å²) in [5.41, 5.74) is 5.04. The van der Waals surface area contributed by atoms with Crippen LogP contribution >= 0.6 is 0 Å². The standard InChI is InChI=1S/C9H9N5O3S/c10-9-6(2-1-5-11-9)18(16,17)14-7-3-4-8(15)13-12-7/h1-5H,(H2,10,11)(H,12,14)(H,13,15). The number of hydrogen-bond donors (Lipinski definition) is 3. The van der Waals surface area contributed by atoms with Crippen molar-refractivity contribution in [2.24, 2.45) is 0 Å². The molecule has 18 heavy (non-hydrogen) atoms. The molecule has 0 fully saturated rings. The average molecular weight is 267 g/mol. The first-order chi connectivity index (χ1) is 8.49. The van der Waals surface area contributed by atoms with Crippen molar-refractivity contribution in [1.29, 1.82) is 0 Å². The van der Waals surface area contributed by atoms with Gasteiger partial charge in [-0.2, -0.15) is 5.10 Å². The van der Waals surface area contributed by atoms with E-state index in [0.29, 0.717) is 0 Å². The molecule has 0 atom stereocenters. The van der Waals surface area contributed by atoms with Gasteiger partial charge in [0, 0.05) is 12.3 Å². The van der Waals surface area contributed by atoms with Gasteiger partial charge in [0.1, 0.15) is 10.7 Å². The fourth-order valence-electron chi connectivity index (χ4n) is 1.22. The number of hydrogen-bond acceptors (Lipinski definition) is 6. The maximum Gasteiger partial charge on any atom is 0.266 e. The summed E-state index contributed by atoms with van der Waals surface area (Å²) in [6.45, 7) is 0. The summed E-state index contributed by atoms with van der Waals surface area (Å²) < 4.78 is 26.1. The van der Waals surface area contributed by atoms with Gasteiger partial charge in [-0.3, -0.25) is 9.52 Å². The number of aromatic nitrogens is 3. The Balaban J connectivity index is 2.36. The van der Waals surface area contributed by atoms with Gasteiger partial charge in [0.25, 0.3) is 15.6 Å². The molecule has 0 aliphatic carbocycles. The van der Waals surface area contributed by atoms with Crippen LogP contribution in [0.4, 0.5) is 11.6 Å². The lowest BCUT2D eigenvalue weighted by Gasteiger charge is -2.07. The molecule has 2 aromatic heterocycles. The van der Waals surface area contributed by atoms with Crippen molar-refractivity contribution in [2.45, 2.75) is 4.90 Å². The highest BCUT2D eigenvalue weighted by atomic mass is 32.2. The number of sulfonamides is 1. The Morgan fingerprint density at radius 3 is 2.67 bits per heavy atom. The number of rotatable bonds is 3. The van der Waals surface area contributed by atoms with E-state index in [0.717, 1.165) is 6.07 Å². The van der Waals surface area contributed by atoms with Gasteiger partial charge in [-0.05, 0) is 18.2 Å². The number of anilines is 2. The van der Waals surface area contributed by atoms with Crippen LogP contribution < -0.4 is 16.0 Å². The highest BCUT2D eigenvalue weighted by Crippen LogP contribution is 2.17. The lowest BCUT2D eigenvalue weighted by Crippen LogP contribution is -2.18. The third-order valence-corrected chi connectivity index (χ3v) is 3.41. The molecule has 0 bridgehead atoms. The van der Waals surface area contributed by atoms with Gasteiger partial charge < -0.3 is 5.73 Å². The van der Waals surface area contributed by atoms with Gasteiger partial charge >= 0.3 is 0 Å². The number of nitrogens with one attached hydrogen (secondary N) is 2. The molecule has 0 amide bonds. The first kappa shape index (κ1) is 12.0. The molecule has 0 aromatic carbocycles. The van der Waals surface area contributed by atoms with E-state index in [-0.39, 0.29) is 16.5 Å². The molecule has 0 spiro atoms. The van der Waals surface area contributed by atoms with Crippen molar-refractivity contribution >= 4 is 21.7 Å². The van der Waals surface area contributed by atoms with Gasteiger partial charge in [0.05, 0.1) is 0 Å². The topological polar surface area (TPSA) is 131 Å². The smallest absolute Gasteiger partial charge is 0.266 e. The van der Waals surface area contributed by atoms with Crippen molar-refractivity contribution in [3.05, 3.63) is 40.8 Å². The van der Waals surface area contributed by atoms with Crippen LogP contribution in [0, 0.1) is 0 Å². The highest BCUT2D eigenvalue weighted by molar-refractivity contribution is 7.92. The summed E-state index contributed by atoms with van der Waals surface area (Å²) in [5, 5.41) is 5.64. The van der Waals surface area contributed by atoms with Gasteiger partial charge in [0.15, 0.2) is 5.82 Å². The third-order valence-electron chi connectivity index (χ3n) is 2.01. The van der Waals surface area contributed by atoms with Gasteiger partial charge in [-0.15, -0.1) is 0 Å². The second-order valence-corrected chi connectivity index (χ2v) is 4.95. The number of aromatic amines is 1. The Hall–Kier alpha value is -2.42. The van der Waals surface area contributed by atoms with E-state index in [2.05, 4.69) is 19.9 Å². The molecule has 2 rings (SSSR count). The van der Waals surface area contributed by atoms with Crippen molar-refractivity contribution < 1.29 is 8.42 Å². The van der Waals surface area contributed by atoms with E-state index >= 15 is 0 Å². The maximum absolute atomic E-state index is 11.9. The minimum atomic E-state index is -3.88. The zero-order chi connectivity index (χ0) is 13.2. The van der Waals surface area contributed by atoms with Crippen LogP contribution in [-0.4, -0.2) is 23.6 Å². The molecule has 0 aliphatic heterocycles. The van der Waals surface area contributed by atoms with Crippen LogP contribution in [0.25, 0.3) is 0 Å². The van der Waals surface area contributed by atoms with E-state index in [1.54, 1.807) is 0 Å². The Morgan fingerprint density at radius 2 is 2.06 bits per heavy atom. The van der Waals surface area contributed by atoms with Crippen LogP contribution in [0.15, 0.2) is 40.2 Å². The molecule has 0 saturated carbocycles.